The van der Waals surface area contributed by atoms with Gasteiger partial charge in [0.2, 0.25) is 0 Å². The van der Waals surface area contributed by atoms with Gasteiger partial charge in [-0.3, -0.25) is 9.88 Å². The van der Waals surface area contributed by atoms with Crippen molar-refractivity contribution in [3.8, 4) is 11.3 Å². The molecule has 5 heterocycles. The molecule has 0 aliphatic carbocycles. The third-order valence-electron chi connectivity index (χ3n) is 7.52. The summed E-state index contributed by atoms with van der Waals surface area (Å²) in [5, 5.41) is 8.03. The molecule has 0 bridgehead atoms. The summed E-state index contributed by atoms with van der Waals surface area (Å²) < 4.78 is 2.01. The van der Waals surface area contributed by atoms with Crippen molar-refractivity contribution in [2.75, 3.05) is 57.4 Å². The second-order valence-electron chi connectivity index (χ2n) is 10.0. The van der Waals surface area contributed by atoms with Crippen LogP contribution >= 0.6 is 0 Å². The predicted octanol–water partition coefficient (Wildman–Crippen LogP) is 3.67. The lowest BCUT2D eigenvalue weighted by Gasteiger charge is -2.36. The van der Waals surface area contributed by atoms with Crippen LogP contribution in [0.3, 0.4) is 0 Å². The van der Waals surface area contributed by atoms with Crippen LogP contribution in [0.2, 0.25) is 0 Å². The average molecular weight is 462 g/mol. The molecule has 2 saturated heterocycles. The lowest BCUT2D eigenvalue weighted by molar-refractivity contribution is 0.167. The van der Waals surface area contributed by atoms with Crippen LogP contribution < -0.4 is 10.2 Å². The summed E-state index contributed by atoms with van der Waals surface area (Å²) in [5.74, 6) is 0.588. The first-order valence-electron chi connectivity index (χ1n) is 13.0. The second kappa shape index (κ2) is 10.4. The van der Waals surface area contributed by atoms with Gasteiger partial charge >= 0.3 is 0 Å². The average Bonchev–Trinajstić information content (AvgIpc) is 3.33. The van der Waals surface area contributed by atoms with Gasteiger partial charge in [0.25, 0.3) is 0 Å². The van der Waals surface area contributed by atoms with E-state index in [1.807, 2.05) is 10.7 Å². The summed E-state index contributed by atoms with van der Waals surface area (Å²) in [6.07, 6.45) is 8.66. The Balaban J connectivity index is 1.31. The fourth-order valence-electron chi connectivity index (χ4n) is 5.39. The van der Waals surface area contributed by atoms with E-state index in [1.54, 1.807) is 0 Å². The second-order valence-corrected chi connectivity index (χ2v) is 10.0. The quantitative estimate of drug-likeness (QED) is 0.579. The zero-order chi connectivity index (χ0) is 23.5. The Morgan fingerprint density at radius 2 is 1.94 bits per heavy atom. The van der Waals surface area contributed by atoms with E-state index in [0.717, 1.165) is 62.7 Å². The molecule has 0 spiro atoms. The van der Waals surface area contributed by atoms with E-state index in [2.05, 4.69) is 82.5 Å². The first-order chi connectivity index (χ1) is 16.6. The summed E-state index contributed by atoms with van der Waals surface area (Å²) in [7, 11) is 0. The maximum Gasteiger partial charge on any atom is 0.0887 e. The molecule has 2 aliphatic rings. The first-order valence-corrected chi connectivity index (χ1v) is 13.0. The van der Waals surface area contributed by atoms with Crippen LogP contribution in [0.1, 0.15) is 45.1 Å². The van der Waals surface area contributed by atoms with Gasteiger partial charge in [-0.2, -0.15) is 5.10 Å². The zero-order valence-electron chi connectivity index (χ0n) is 21.0. The molecular formula is C27H39N7. The van der Waals surface area contributed by atoms with E-state index < -0.39 is 0 Å². The molecule has 1 atom stereocenters. The standard InChI is InChI=1S/C27H39N7/c1-4-28-20-31-12-14-32(15-13-31)26-9-10-30-34-19-24(16-27(26)34)25-8-7-22(17-29-25)23-6-5-11-33(18-23)21(2)3/h7-10,16-17,19,21,23,28H,4-6,11-15,18,20H2,1-3H3/t23-/m1/s1. The number of hydrogen-bond donors (Lipinski definition) is 1. The molecule has 0 amide bonds. The highest BCUT2D eigenvalue weighted by Gasteiger charge is 2.23. The molecule has 0 saturated carbocycles. The lowest BCUT2D eigenvalue weighted by atomic mass is 9.91. The Morgan fingerprint density at radius 3 is 2.68 bits per heavy atom. The van der Waals surface area contributed by atoms with Gasteiger partial charge < -0.3 is 15.1 Å². The van der Waals surface area contributed by atoms with E-state index in [-0.39, 0.29) is 0 Å². The SMILES string of the molecule is CCNCN1CCN(c2ccnn3cc(-c4ccc([C@@H]5CCCN(C(C)C)C5)cn4)cc23)CC1. The van der Waals surface area contributed by atoms with Crippen LogP contribution in [0.4, 0.5) is 5.69 Å². The number of nitrogens with zero attached hydrogens (tertiary/aromatic N) is 6. The molecule has 7 nitrogen and oxygen atoms in total. The Kier molecular flexibility index (Phi) is 7.13. The van der Waals surface area contributed by atoms with Crippen LogP contribution in [-0.4, -0.2) is 82.9 Å². The van der Waals surface area contributed by atoms with Crippen molar-refractivity contribution >= 4 is 11.2 Å². The van der Waals surface area contributed by atoms with E-state index in [1.165, 1.54) is 30.6 Å². The monoisotopic (exact) mass is 461 g/mol. The fourth-order valence-corrected chi connectivity index (χ4v) is 5.39. The lowest BCUT2D eigenvalue weighted by Crippen LogP contribution is -2.49. The largest absolute Gasteiger partial charge is 0.367 e. The molecule has 182 valence electrons. The molecule has 7 heteroatoms. The number of hydrogen-bond acceptors (Lipinski definition) is 6. The third-order valence-corrected chi connectivity index (χ3v) is 7.52. The van der Waals surface area contributed by atoms with E-state index >= 15 is 0 Å². The summed E-state index contributed by atoms with van der Waals surface area (Å²) in [5.41, 5.74) is 5.93. The van der Waals surface area contributed by atoms with Gasteiger partial charge in [-0.15, -0.1) is 0 Å². The number of piperidine rings is 1. The smallest absolute Gasteiger partial charge is 0.0887 e. The predicted molar refractivity (Wildman–Crippen MR) is 139 cm³/mol. The van der Waals surface area contributed by atoms with Crippen molar-refractivity contribution in [3.05, 3.63) is 48.4 Å². The summed E-state index contributed by atoms with van der Waals surface area (Å²) >= 11 is 0. The minimum Gasteiger partial charge on any atom is -0.367 e. The number of likely N-dealkylation sites (tertiary alicyclic amines) is 1. The number of anilines is 1. The van der Waals surface area contributed by atoms with Crippen molar-refractivity contribution in [2.24, 2.45) is 0 Å². The van der Waals surface area contributed by atoms with Gasteiger partial charge in [-0.25, -0.2) is 4.52 Å². The van der Waals surface area contributed by atoms with Gasteiger partial charge in [-0.05, 0) is 69.5 Å². The van der Waals surface area contributed by atoms with Gasteiger partial charge in [-0.1, -0.05) is 13.0 Å². The summed E-state index contributed by atoms with van der Waals surface area (Å²) in [6.45, 7) is 15.3. The third kappa shape index (κ3) is 4.97. The molecule has 3 aromatic heterocycles. The number of nitrogens with one attached hydrogen (secondary N) is 1. The number of rotatable bonds is 7. The first kappa shape index (κ1) is 23.3. The molecule has 0 radical (unpaired) electrons. The van der Waals surface area contributed by atoms with E-state index in [0.29, 0.717) is 12.0 Å². The molecule has 0 aromatic carbocycles. The Bertz CT molecular complexity index is 1070. The summed E-state index contributed by atoms with van der Waals surface area (Å²) in [6, 6.07) is 9.49. The number of aromatic nitrogens is 3. The molecule has 2 aliphatic heterocycles. The Morgan fingerprint density at radius 1 is 1.09 bits per heavy atom. The minimum absolute atomic E-state index is 0.588. The van der Waals surface area contributed by atoms with Crippen molar-refractivity contribution in [1.82, 2.24) is 29.7 Å². The molecular weight excluding hydrogens is 422 g/mol. The number of fused-ring (bicyclic) bond motifs is 1. The maximum atomic E-state index is 4.88. The van der Waals surface area contributed by atoms with Gasteiger partial charge in [0, 0.05) is 69.6 Å². The zero-order valence-corrected chi connectivity index (χ0v) is 21.0. The van der Waals surface area contributed by atoms with Gasteiger partial charge in [0.15, 0.2) is 0 Å². The topological polar surface area (TPSA) is 51.9 Å². The maximum absolute atomic E-state index is 4.88. The molecule has 1 N–H and O–H groups in total. The molecule has 0 unspecified atom stereocenters. The van der Waals surface area contributed by atoms with Crippen LogP contribution in [0.25, 0.3) is 16.8 Å². The highest BCUT2D eigenvalue weighted by Crippen LogP contribution is 2.31. The van der Waals surface area contributed by atoms with Gasteiger partial charge in [0.05, 0.1) is 16.9 Å². The van der Waals surface area contributed by atoms with Crippen LogP contribution in [0, 0.1) is 0 Å². The highest BCUT2D eigenvalue weighted by molar-refractivity contribution is 5.79. The Labute approximate surface area is 203 Å². The van der Waals surface area contributed by atoms with Crippen LogP contribution in [0.5, 0.6) is 0 Å². The minimum atomic E-state index is 0.588. The van der Waals surface area contributed by atoms with Crippen LogP contribution in [0.15, 0.2) is 42.9 Å². The summed E-state index contributed by atoms with van der Waals surface area (Å²) in [4.78, 5) is 12.5. The molecule has 3 aromatic rings. The van der Waals surface area contributed by atoms with Crippen molar-refractivity contribution in [3.63, 3.8) is 0 Å². The Hall–Kier alpha value is -2.48. The number of piperazine rings is 1. The molecule has 5 rings (SSSR count). The van der Waals surface area contributed by atoms with Gasteiger partial charge in [0.1, 0.15) is 0 Å². The number of pyridine rings is 1. The van der Waals surface area contributed by atoms with Crippen molar-refractivity contribution in [1.29, 1.82) is 0 Å². The van der Waals surface area contributed by atoms with Crippen molar-refractivity contribution < 1.29 is 0 Å². The van der Waals surface area contributed by atoms with E-state index in [4.69, 9.17) is 4.98 Å². The normalized spacial score (nSPS) is 20.5. The van der Waals surface area contributed by atoms with E-state index in [9.17, 15) is 0 Å². The molecule has 2 fully saturated rings. The van der Waals surface area contributed by atoms with Crippen molar-refractivity contribution in [2.45, 2.75) is 45.6 Å². The van der Waals surface area contributed by atoms with Crippen LogP contribution in [-0.2, 0) is 0 Å². The fraction of sp³-hybridized carbons (Fsp3) is 0.556. The highest BCUT2D eigenvalue weighted by atomic mass is 15.3. The molecule has 34 heavy (non-hydrogen) atoms.